The van der Waals surface area contributed by atoms with Crippen molar-refractivity contribution in [3.63, 3.8) is 0 Å². The fourth-order valence-electron chi connectivity index (χ4n) is 3.49. The van der Waals surface area contributed by atoms with Crippen molar-refractivity contribution in [2.45, 2.75) is 37.4 Å². The van der Waals surface area contributed by atoms with Crippen LogP contribution in [0.2, 0.25) is 5.02 Å². The first kappa shape index (κ1) is 16.6. The van der Waals surface area contributed by atoms with Crippen molar-refractivity contribution in [3.05, 3.63) is 28.8 Å². The van der Waals surface area contributed by atoms with Crippen LogP contribution in [0.1, 0.15) is 36.0 Å². The Morgan fingerprint density at radius 1 is 1.43 bits per heavy atom. The lowest BCUT2D eigenvalue weighted by atomic mass is 9.83. The molecule has 0 saturated carbocycles. The number of hydrogen-bond donors (Lipinski definition) is 1. The third-order valence-electron chi connectivity index (χ3n) is 4.82. The summed E-state index contributed by atoms with van der Waals surface area (Å²) in [6.07, 6.45) is 2.57. The second kappa shape index (κ2) is 6.67. The zero-order valence-electron chi connectivity index (χ0n) is 13.3. The van der Waals surface area contributed by atoms with Crippen molar-refractivity contribution in [1.29, 1.82) is 0 Å². The van der Waals surface area contributed by atoms with Crippen molar-refractivity contribution < 1.29 is 19.4 Å². The van der Waals surface area contributed by atoms with E-state index < -0.39 is 0 Å². The highest BCUT2D eigenvalue weighted by molar-refractivity contribution is 6.31. The molecule has 1 atom stereocenters. The van der Waals surface area contributed by atoms with Gasteiger partial charge in [0.1, 0.15) is 5.75 Å². The van der Waals surface area contributed by atoms with Gasteiger partial charge in [-0.25, -0.2) is 0 Å². The minimum atomic E-state index is -0.293. The van der Waals surface area contributed by atoms with E-state index in [4.69, 9.17) is 21.1 Å². The van der Waals surface area contributed by atoms with Crippen LogP contribution in [0.5, 0.6) is 5.75 Å². The van der Waals surface area contributed by atoms with Crippen LogP contribution in [0.25, 0.3) is 0 Å². The zero-order chi connectivity index (χ0) is 16.4. The van der Waals surface area contributed by atoms with Gasteiger partial charge in [-0.15, -0.1) is 0 Å². The summed E-state index contributed by atoms with van der Waals surface area (Å²) in [5.74, 6) is 0.458. The zero-order valence-corrected chi connectivity index (χ0v) is 14.0. The molecule has 1 aromatic rings. The van der Waals surface area contributed by atoms with Crippen molar-refractivity contribution in [2.24, 2.45) is 0 Å². The molecule has 2 aliphatic rings. The van der Waals surface area contributed by atoms with Gasteiger partial charge in [0.25, 0.3) is 5.91 Å². The summed E-state index contributed by atoms with van der Waals surface area (Å²) in [5, 5.41) is 10.4. The molecule has 2 aliphatic heterocycles. The lowest BCUT2D eigenvalue weighted by Gasteiger charge is -2.45. The topological polar surface area (TPSA) is 59.0 Å². The monoisotopic (exact) mass is 339 g/mol. The first-order valence-electron chi connectivity index (χ1n) is 7.98. The fourth-order valence-corrected chi connectivity index (χ4v) is 3.66. The summed E-state index contributed by atoms with van der Waals surface area (Å²) in [5.41, 5.74) is 0.216. The highest BCUT2D eigenvalue weighted by Crippen LogP contribution is 2.36. The van der Waals surface area contributed by atoms with Crippen molar-refractivity contribution in [1.82, 2.24) is 4.90 Å². The van der Waals surface area contributed by atoms with Crippen LogP contribution in [-0.2, 0) is 4.74 Å². The lowest BCUT2D eigenvalue weighted by molar-refractivity contribution is -0.139. The number of amides is 1. The van der Waals surface area contributed by atoms with Crippen molar-refractivity contribution >= 4 is 17.5 Å². The molecule has 3 rings (SSSR count). The molecule has 2 heterocycles. The Kier molecular flexibility index (Phi) is 4.80. The maximum absolute atomic E-state index is 12.8. The molecule has 2 fully saturated rings. The van der Waals surface area contributed by atoms with Gasteiger partial charge in [0, 0.05) is 31.1 Å². The number of carbonyl (C=O) groups excluding carboxylic acids is 1. The van der Waals surface area contributed by atoms with Gasteiger partial charge in [0.2, 0.25) is 0 Å². The molecule has 1 N–H and O–H groups in total. The van der Waals surface area contributed by atoms with E-state index in [1.54, 1.807) is 25.3 Å². The van der Waals surface area contributed by atoms with E-state index in [2.05, 4.69) is 0 Å². The van der Waals surface area contributed by atoms with Gasteiger partial charge in [-0.05, 0) is 37.5 Å². The van der Waals surface area contributed by atoms with Gasteiger partial charge < -0.3 is 19.5 Å². The Balaban J connectivity index is 1.70. The highest BCUT2D eigenvalue weighted by atomic mass is 35.5. The van der Waals surface area contributed by atoms with Crippen LogP contribution in [-0.4, -0.2) is 54.4 Å². The second-order valence-corrected chi connectivity index (χ2v) is 6.75. The Hall–Kier alpha value is -1.30. The summed E-state index contributed by atoms with van der Waals surface area (Å²) >= 11 is 6.02. The fraction of sp³-hybridized carbons (Fsp3) is 0.588. The first-order valence-corrected chi connectivity index (χ1v) is 8.36. The smallest absolute Gasteiger partial charge is 0.257 e. The van der Waals surface area contributed by atoms with Crippen LogP contribution in [0.4, 0.5) is 0 Å². The second-order valence-electron chi connectivity index (χ2n) is 6.31. The molecule has 126 valence electrons. The van der Waals surface area contributed by atoms with E-state index in [9.17, 15) is 9.90 Å². The van der Waals surface area contributed by atoms with Crippen LogP contribution in [0, 0.1) is 0 Å². The summed E-state index contributed by atoms with van der Waals surface area (Å²) in [4.78, 5) is 14.6. The van der Waals surface area contributed by atoms with Crippen molar-refractivity contribution in [2.75, 3.05) is 26.8 Å². The number of ether oxygens (including phenoxy) is 2. The first-order chi connectivity index (χ1) is 11.0. The number of likely N-dealkylation sites (tertiary alicyclic amines) is 1. The molecule has 1 unspecified atom stereocenters. The Morgan fingerprint density at radius 3 is 2.83 bits per heavy atom. The third-order valence-corrected chi connectivity index (χ3v) is 5.06. The van der Waals surface area contributed by atoms with E-state index in [-0.39, 0.29) is 17.6 Å². The van der Waals surface area contributed by atoms with Crippen LogP contribution in [0.3, 0.4) is 0 Å². The maximum atomic E-state index is 12.8. The largest absolute Gasteiger partial charge is 0.496 e. The molecule has 0 radical (unpaired) electrons. The summed E-state index contributed by atoms with van der Waals surface area (Å²) in [6, 6.07) is 5.06. The van der Waals surface area contributed by atoms with Gasteiger partial charge in [-0.1, -0.05) is 11.6 Å². The average Bonchev–Trinajstić information content (AvgIpc) is 2.55. The predicted octanol–water partition coefficient (Wildman–Crippen LogP) is 2.49. The Labute approximate surface area is 141 Å². The molecular formula is C17H22ClNO4. The van der Waals surface area contributed by atoms with Gasteiger partial charge >= 0.3 is 0 Å². The van der Waals surface area contributed by atoms with Gasteiger partial charge in [-0.2, -0.15) is 0 Å². The molecule has 0 bridgehead atoms. The van der Waals surface area contributed by atoms with Gasteiger partial charge in [0.15, 0.2) is 0 Å². The van der Waals surface area contributed by atoms with Crippen LogP contribution < -0.4 is 4.74 Å². The Morgan fingerprint density at radius 2 is 2.17 bits per heavy atom. The highest BCUT2D eigenvalue weighted by Gasteiger charge is 2.41. The average molecular weight is 340 g/mol. The number of methoxy groups -OCH3 is 1. The van der Waals surface area contributed by atoms with E-state index in [1.165, 1.54) is 0 Å². The number of aliphatic hydroxyl groups is 1. The van der Waals surface area contributed by atoms with E-state index in [1.807, 2.05) is 4.90 Å². The molecule has 1 spiro atoms. The molecule has 5 nitrogen and oxygen atoms in total. The molecule has 2 saturated heterocycles. The summed E-state index contributed by atoms with van der Waals surface area (Å²) < 4.78 is 11.2. The number of aliphatic hydroxyl groups excluding tert-OH is 1. The summed E-state index contributed by atoms with van der Waals surface area (Å²) in [6.45, 7) is 1.82. The third kappa shape index (κ3) is 3.47. The van der Waals surface area contributed by atoms with Crippen LogP contribution >= 0.6 is 11.6 Å². The minimum Gasteiger partial charge on any atom is -0.496 e. The normalized spacial score (nSPS) is 23.8. The molecule has 0 aromatic heterocycles. The number of halogens is 1. The minimum absolute atomic E-state index is 0.0736. The predicted molar refractivity (Wildman–Crippen MR) is 87.1 cm³/mol. The molecule has 0 aliphatic carbocycles. The van der Waals surface area contributed by atoms with E-state index in [0.717, 1.165) is 12.8 Å². The Bertz CT molecular complexity index is 584. The standard InChI is InChI=1S/C17H22ClNO4/c1-22-15-3-2-12(18)10-14(15)16(21)19-7-5-17(6-8-19)11-13(20)4-9-23-17/h2-3,10,13,20H,4-9,11H2,1H3. The van der Waals surface area contributed by atoms with E-state index in [0.29, 0.717) is 48.9 Å². The molecule has 1 amide bonds. The quantitative estimate of drug-likeness (QED) is 0.899. The molecule has 1 aromatic carbocycles. The lowest BCUT2D eigenvalue weighted by Crippen LogP contribution is -2.51. The van der Waals surface area contributed by atoms with Gasteiger partial charge in [-0.3, -0.25) is 4.79 Å². The number of benzene rings is 1. The number of rotatable bonds is 2. The molecular weight excluding hydrogens is 318 g/mol. The summed E-state index contributed by atoms with van der Waals surface area (Å²) in [7, 11) is 1.54. The number of carbonyl (C=O) groups is 1. The SMILES string of the molecule is COc1ccc(Cl)cc1C(=O)N1CCC2(CC1)CC(O)CCO2. The number of piperidine rings is 1. The maximum Gasteiger partial charge on any atom is 0.257 e. The molecule has 23 heavy (non-hydrogen) atoms. The van der Waals surface area contributed by atoms with Crippen molar-refractivity contribution in [3.8, 4) is 5.75 Å². The molecule has 6 heteroatoms. The number of hydrogen-bond acceptors (Lipinski definition) is 4. The van der Waals surface area contributed by atoms with E-state index >= 15 is 0 Å². The van der Waals surface area contributed by atoms with Crippen LogP contribution in [0.15, 0.2) is 18.2 Å². The van der Waals surface area contributed by atoms with Gasteiger partial charge in [0.05, 0.1) is 24.4 Å². The number of nitrogens with zero attached hydrogens (tertiary/aromatic N) is 1.